The molecule has 204 valence electrons. The molecule has 0 aliphatic carbocycles. The van der Waals surface area contributed by atoms with Gasteiger partial charge in [-0.1, -0.05) is 96.6 Å². The van der Waals surface area contributed by atoms with Crippen molar-refractivity contribution in [2.75, 3.05) is 0 Å². The van der Waals surface area contributed by atoms with Gasteiger partial charge in [-0.15, -0.1) is 0 Å². The minimum absolute atomic E-state index is 0.620. The molecule has 0 fully saturated rings. The zero-order chi connectivity index (χ0) is 29.0. The third-order valence-electron chi connectivity index (χ3n) is 7.29. The highest BCUT2D eigenvalue weighted by atomic mass is 14.9. The summed E-state index contributed by atoms with van der Waals surface area (Å²) >= 11 is 0. The van der Waals surface area contributed by atoms with Crippen molar-refractivity contribution in [2.24, 2.45) is 0 Å². The summed E-state index contributed by atoms with van der Waals surface area (Å²) in [6.07, 6.45) is 3.62. The van der Waals surface area contributed by atoms with E-state index in [0.717, 1.165) is 62.0 Å². The zero-order valence-corrected chi connectivity index (χ0v) is 23.6. The molecule has 0 saturated heterocycles. The molecule has 0 radical (unpaired) electrons. The molecule has 5 nitrogen and oxygen atoms in total. The summed E-state index contributed by atoms with van der Waals surface area (Å²) in [5.41, 5.74) is 11.2. The van der Waals surface area contributed by atoms with Crippen LogP contribution in [0, 0.1) is 6.92 Å². The third-order valence-corrected chi connectivity index (χ3v) is 7.29. The zero-order valence-electron chi connectivity index (χ0n) is 23.6. The predicted molar refractivity (Wildman–Crippen MR) is 173 cm³/mol. The first-order valence-corrected chi connectivity index (χ1v) is 14.2. The van der Waals surface area contributed by atoms with Gasteiger partial charge in [-0.3, -0.25) is 9.97 Å². The van der Waals surface area contributed by atoms with Crippen LogP contribution in [0.15, 0.2) is 146 Å². The Kier molecular flexibility index (Phi) is 7.04. The molecular formula is C38H27N5. The van der Waals surface area contributed by atoms with Crippen LogP contribution < -0.4 is 0 Å². The first kappa shape index (κ1) is 26.1. The molecule has 0 amide bonds. The lowest BCUT2D eigenvalue weighted by Crippen LogP contribution is -1.97. The van der Waals surface area contributed by atoms with Crippen LogP contribution in [0.1, 0.15) is 5.56 Å². The van der Waals surface area contributed by atoms with E-state index in [1.54, 1.807) is 6.20 Å². The standard InChI is InChI=1S/C38H27N5/c1-26-15-17-27(18-16-26)31-22-36(32-14-8-9-21-39-32)41-37(23-31)33-20-19-30(25-40-33)38-42-34(28-10-4-2-5-11-28)24-35(43-38)29-12-6-3-7-13-29/h2-25H,1H3. The van der Waals surface area contributed by atoms with E-state index in [9.17, 15) is 0 Å². The summed E-state index contributed by atoms with van der Waals surface area (Å²) in [5, 5.41) is 0. The van der Waals surface area contributed by atoms with Crippen LogP contribution in [-0.4, -0.2) is 24.9 Å². The first-order chi connectivity index (χ1) is 21.2. The van der Waals surface area contributed by atoms with Crippen LogP contribution in [0.5, 0.6) is 0 Å². The fourth-order valence-electron chi connectivity index (χ4n) is 4.99. The highest BCUT2D eigenvalue weighted by molar-refractivity contribution is 5.76. The number of hydrogen-bond donors (Lipinski definition) is 0. The van der Waals surface area contributed by atoms with E-state index in [1.165, 1.54) is 5.56 Å². The second-order valence-electron chi connectivity index (χ2n) is 10.3. The molecule has 0 atom stereocenters. The van der Waals surface area contributed by atoms with Gasteiger partial charge in [-0.25, -0.2) is 15.0 Å². The van der Waals surface area contributed by atoms with E-state index in [-0.39, 0.29) is 0 Å². The fraction of sp³-hybridized carbons (Fsp3) is 0.0263. The van der Waals surface area contributed by atoms with Crippen molar-refractivity contribution in [3.8, 4) is 67.8 Å². The molecule has 43 heavy (non-hydrogen) atoms. The van der Waals surface area contributed by atoms with Gasteiger partial charge in [0.25, 0.3) is 0 Å². The quantitative estimate of drug-likeness (QED) is 0.206. The number of pyridine rings is 3. The molecule has 4 aromatic heterocycles. The van der Waals surface area contributed by atoms with Crippen molar-refractivity contribution >= 4 is 0 Å². The van der Waals surface area contributed by atoms with Crippen LogP contribution >= 0.6 is 0 Å². The van der Waals surface area contributed by atoms with Crippen molar-refractivity contribution in [2.45, 2.75) is 6.92 Å². The van der Waals surface area contributed by atoms with Gasteiger partial charge in [-0.2, -0.15) is 0 Å². The molecule has 3 aromatic carbocycles. The van der Waals surface area contributed by atoms with Crippen LogP contribution in [0.3, 0.4) is 0 Å². The number of benzene rings is 3. The maximum atomic E-state index is 4.97. The van der Waals surface area contributed by atoms with Gasteiger partial charge in [0.05, 0.1) is 34.2 Å². The lowest BCUT2D eigenvalue weighted by Gasteiger charge is -2.11. The van der Waals surface area contributed by atoms with Crippen LogP contribution in [0.4, 0.5) is 0 Å². The Morgan fingerprint density at radius 1 is 0.372 bits per heavy atom. The predicted octanol–water partition coefficient (Wildman–Crippen LogP) is 8.97. The van der Waals surface area contributed by atoms with Gasteiger partial charge in [0.1, 0.15) is 0 Å². The largest absolute Gasteiger partial charge is 0.255 e. The summed E-state index contributed by atoms with van der Waals surface area (Å²) in [5.74, 6) is 0.620. The molecule has 7 aromatic rings. The van der Waals surface area contributed by atoms with E-state index in [1.807, 2.05) is 79.0 Å². The lowest BCUT2D eigenvalue weighted by molar-refractivity contribution is 1.17. The summed E-state index contributed by atoms with van der Waals surface area (Å²) in [6.45, 7) is 2.09. The van der Waals surface area contributed by atoms with Gasteiger partial charge in [0.15, 0.2) is 5.82 Å². The molecule has 7 rings (SSSR count). The van der Waals surface area contributed by atoms with Gasteiger partial charge in [0, 0.05) is 29.1 Å². The van der Waals surface area contributed by atoms with Crippen molar-refractivity contribution in [3.05, 3.63) is 151 Å². The summed E-state index contributed by atoms with van der Waals surface area (Å²) in [4.78, 5) is 24.3. The van der Waals surface area contributed by atoms with Crippen LogP contribution in [-0.2, 0) is 0 Å². The lowest BCUT2D eigenvalue weighted by atomic mass is 10.0. The Bertz CT molecular complexity index is 1930. The molecule has 0 saturated carbocycles. The molecular weight excluding hydrogens is 526 g/mol. The fourth-order valence-corrected chi connectivity index (χ4v) is 4.99. The first-order valence-electron chi connectivity index (χ1n) is 14.2. The smallest absolute Gasteiger partial charge is 0.161 e. The van der Waals surface area contributed by atoms with Gasteiger partial charge < -0.3 is 0 Å². The second kappa shape index (κ2) is 11.6. The van der Waals surface area contributed by atoms with Gasteiger partial charge in [-0.05, 0) is 60.5 Å². The van der Waals surface area contributed by atoms with E-state index >= 15 is 0 Å². The number of aryl methyl sites for hydroxylation is 1. The van der Waals surface area contributed by atoms with Crippen molar-refractivity contribution < 1.29 is 0 Å². The summed E-state index contributed by atoms with van der Waals surface area (Å²) in [7, 11) is 0. The number of hydrogen-bond acceptors (Lipinski definition) is 5. The Morgan fingerprint density at radius 3 is 1.51 bits per heavy atom. The summed E-state index contributed by atoms with van der Waals surface area (Å²) in [6, 6.07) is 44.9. The van der Waals surface area contributed by atoms with Crippen LogP contribution in [0.2, 0.25) is 0 Å². The molecule has 0 spiro atoms. The highest BCUT2D eigenvalue weighted by Gasteiger charge is 2.14. The maximum Gasteiger partial charge on any atom is 0.161 e. The van der Waals surface area contributed by atoms with Crippen molar-refractivity contribution in [1.82, 2.24) is 24.9 Å². The number of rotatable bonds is 6. The SMILES string of the molecule is Cc1ccc(-c2cc(-c3ccccn3)nc(-c3ccc(-c4nc(-c5ccccc5)cc(-c5ccccc5)n4)cn3)c2)cc1. The van der Waals surface area contributed by atoms with Gasteiger partial charge in [0.2, 0.25) is 0 Å². The van der Waals surface area contributed by atoms with E-state index in [2.05, 4.69) is 72.6 Å². The number of nitrogens with zero attached hydrogens (tertiary/aromatic N) is 5. The Hall–Kier alpha value is -5.81. The Balaban J connectivity index is 1.31. The molecule has 0 aliphatic rings. The minimum Gasteiger partial charge on any atom is -0.255 e. The Morgan fingerprint density at radius 2 is 0.953 bits per heavy atom. The van der Waals surface area contributed by atoms with Crippen molar-refractivity contribution in [3.63, 3.8) is 0 Å². The molecule has 0 aliphatic heterocycles. The molecule has 0 bridgehead atoms. The average Bonchev–Trinajstić information content (AvgIpc) is 3.09. The third kappa shape index (κ3) is 5.69. The molecule has 0 N–H and O–H groups in total. The topological polar surface area (TPSA) is 64.5 Å². The Labute approximate surface area is 250 Å². The number of aromatic nitrogens is 5. The monoisotopic (exact) mass is 553 g/mol. The summed E-state index contributed by atoms with van der Waals surface area (Å²) < 4.78 is 0. The normalized spacial score (nSPS) is 10.9. The minimum atomic E-state index is 0.620. The average molecular weight is 554 g/mol. The maximum absolute atomic E-state index is 4.97. The van der Waals surface area contributed by atoms with Crippen molar-refractivity contribution in [1.29, 1.82) is 0 Å². The van der Waals surface area contributed by atoms with Gasteiger partial charge >= 0.3 is 0 Å². The highest BCUT2D eigenvalue weighted by Crippen LogP contribution is 2.31. The second-order valence-corrected chi connectivity index (χ2v) is 10.3. The van der Waals surface area contributed by atoms with E-state index in [0.29, 0.717) is 5.82 Å². The van der Waals surface area contributed by atoms with Crippen LogP contribution in [0.25, 0.3) is 67.8 Å². The van der Waals surface area contributed by atoms with E-state index < -0.39 is 0 Å². The molecule has 5 heteroatoms. The molecule has 4 heterocycles. The van der Waals surface area contributed by atoms with E-state index in [4.69, 9.17) is 19.9 Å². The molecule has 0 unspecified atom stereocenters.